The molecule has 222 valence electrons. The molecular formula is C28H26ClF3N4O6. The lowest BCUT2D eigenvalue weighted by Gasteiger charge is -2.22. The number of esters is 1. The molecule has 0 aliphatic heterocycles. The van der Waals surface area contributed by atoms with Crippen molar-refractivity contribution in [3.8, 4) is 11.3 Å². The number of halogens is 4. The van der Waals surface area contributed by atoms with Gasteiger partial charge in [0.1, 0.15) is 6.04 Å². The van der Waals surface area contributed by atoms with Crippen molar-refractivity contribution in [2.24, 2.45) is 0 Å². The fourth-order valence-electron chi connectivity index (χ4n) is 3.84. The number of nitrogens with zero attached hydrogens (tertiary/aromatic N) is 3. The molecule has 0 aliphatic rings. The molecule has 3 rings (SSSR count). The molecule has 0 radical (unpaired) electrons. The summed E-state index contributed by atoms with van der Waals surface area (Å²) in [6, 6.07) is 10.9. The molecule has 1 heterocycles. The standard InChI is InChI=1S/C28H26ClF3N4O6/c1-42-25(39)13-12-22(26(40)41)34-23(37)6-3-7-24(38)36(20-10-8-18(9-11-20)28(30,31)32)27-33-15-14-21(35-27)17-4-2-5-19(29)16-17/h2,4-5,8-11,14-16,22H,3,6-7,12-13H2,1H3,(H,34,37)(H,40,41)/t22-/m1/s1. The van der Waals surface area contributed by atoms with Gasteiger partial charge in [-0.25, -0.2) is 19.7 Å². The predicted octanol–water partition coefficient (Wildman–Crippen LogP) is 5.17. The second-order valence-electron chi connectivity index (χ2n) is 8.95. The van der Waals surface area contributed by atoms with E-state index in [-0.39, 0.29) is 43.7 Å². The number of amides is 2. The van der Waals surface area contributed by atoms with E-state index >= 15 is 0 Å². The smallest absolute Gasteiger partial charge is 0.416 e. The lowest BCUT2D eigenvalue weighted by molar-refractivity contribution is -0.144. The zero-order valence-electron chi connectivity index (χ0n) is 22.2. The van der Waals surface area contributed by atoms with Crippen molar-refractivity contribution in [1.29, 1.82) is 0 Å². The van der Waals surface area contributed by atoms with Crippen LogP contribution >= 0.6 is 11.6 Å². The number of hydrogen-bond acceptors (Lipinski definition) is 7. The monoisotopic (exact) mass is 606 g/mol. The van der Waals surface area contributed by atoms with Crippen LogP contribution in [-0.2, 0) is 30.1 Å². The number of aliphatic carboxylic acids is 1. The molecule has 0 fully saturated rings. The van der Waals surface area contributed by atoms with Crippen LogP contribution in [0.15, 0.2) is 60.8 Å². The van der Waals surface area contributed by atoms with E-state index in [1.54, 1.807) is 30.3 Å². The maximum Gasteiger partial charge on any atom is 0.416 e. The van der Waals surface area contributed by atoms with E-state index in [1.807, 2.05) is 0 Å². The summed E-state index contributed by atoms with van der Waals surface area (Å²) in [6.45, 7) is 0. The van der Waals surface area contributed by atoms with Crippen molar-refractivity contribution in [3.05, 3.63) is 71.4 Å². The number of anilines is 2. The Morgan fingerprint density at radius 2 is 1.76 bits per heavy atom. The zero-order valence-corrected chi connectivity index (χ0v) is 23.0. The average molecular weight is 607 g/mol. The fourth-order valence-corrected chi connectivity index (χ4v) is 4.03. The first-order valence-electron chi connectivity index (χ1n) is 12.6. The first-order valence-corrected chi connectivity index (χ1v) is 12.9. The molecule has 0 saturated carbocycles. The van der Waals surface area contributed by atoms with Crippen LogP contribution in [0.2, 0.25) is 5.02 Å². The van der Waals surface area contributed by atoms with Crippen LogP contribution in [0.3, 0.4) is 0 Å². The van der Waals surface area contributed by atoms with Crippen LogP contribution in [0.5, 0.6) is 0 Å². The normalized spacial score (nSPS) is 11.8. The Balaban J connectivity index is 1.79. The van der Waals surface area contributed by atoms with E-state index in [0.29, 0.717) is 16.3 Å². The molecule has 1 atom stereocenters. The van der Waals surface area contributed by atoms with Gasteiger partial charge in [-0.2, -0.15) is 13.2 Å². The number of carboxylic acids is 1. The number of rotatable bonds is 12. The van der Waals surface area contributed by atoms with Crippen LogP contribution in [0.25, 0.3) is 11.3 Å². The predicted molar refractivity (Wildman–Crippen MR) is 146 cm³/mol. The summed E-state index contributed by atoms with van der Waals surface area (Å²) in [5, 5.41) is 12.1. The van der Waals surface area contributed by atoms with Gasteiger partial charge in [0.2, 0.25) is 17.8 Å². The van der Waals surface area contributed by atoms with E-state index < -0.39 is 41.5 Å². The minimum absolute atomic E-state index is 0.0286. The van der Waals surface area contributed by atoms with Crippen molar-refractivity contribution < 1.29 is 42.2 Å². The van der Waals surface area contributed by atoms with Crippen LogP contribution < -0.4 is 10.2 Å². The topological polar surface area (TPSA) is 139 Å². The highest BCUT2D eigenvalue weighted by atomic mass is 35.5. The molecule has 2 amide bonds. The van der Waals surface area contributed by atoms with Gasteiger partial charge in [-0.05, 0) is 55.3 Å². The summed E-state index contributed by atoms with van der Waals surface area (Å²) in [7, 11) is 1.15. The number of hydrogen-bond donors (Lipinski definition) is 2. The third kappa shape index (κ3) is 8.99. The Hall–Kier alpha value is -4.52. The van der Waals surface area contributed by atoms with Crippen LogP contribution in [0.1, 0.15) is 37.7 Å². The van der Waals surface area contributed by atoms with Gasteiger partial charge in [0.05, 0.1) is 24.1 Å². The van der Waals surface area contributed by atoms with E-state index in [9.17, 15) is 37.5 Å². The molecule has 0 aliphatic carbocycles. The van der Waals surface area contributed by atoms with Gasteiger partial charge in [-0.1, -0.05) is 23.7 Å². The first-order chi connectivity index (χ1) is 19.9. The summed E-state index contributed by atoms with van der Waals surface area (Å²) in [4.78, 5) is 58.1. The van der Waals surface area contributed by atoms with E-state index in [1.165, 1.54) is 6.20 Å². The molecule has 42 heavy (non-hydrogen) atoms. The molecule has 2 N–H and O–H groups in total. The Bertz CT molecular complexity index is 1440. The van der Waals surface area contributed by atoms with E-state index in [4.69, 9.17) is 11.6 Å². The lowest BCUT2D eigenvalue weighted by Crippen LogP contribution is -2.41. The van der Waals surface area contributed by atoms with E-state index in [0.717, 1.165) is 36.3 Å². The number of benzene rings is 2. The number of carbonyl (C=O) groups excluding carboxylic acids is 3. The van der Waals surface area contributed by atoms with Crippen molar-refractivity contribution in [2.45, 2.75) is 44.3 Å². The van der Waals surface area contributed by atoms with Crippen molar-refractivity contribution in [3.63, 3.8) is 0 Å². The van der Waals surface area contributed by atoms with Gasteiger partial charge < -0.3 is 15.2 Å². The number of aromatic nitrogens is 2. The summed E-state index contributed by atoms with van der Waals surface area (Å²) in [5.41, 5.74) is 0.166. The first kappa shape index (κ1) is 32.0. The Labute approximate surface area is 243 Å². The third-order valence-corrected chi connectivity index (χ3v) is 6.19. The van der Waals surface area contributed by atoms with E-state index in [2.05, 4.69) is 20.0 Å². The summed E-state index contributed by atoms with van der Waals surface area (Å²) < 4.78 is 43.9. The SMILES string of the molecule is COC(=O)CC[C@@H](NC(=O)CCCC(=O)N(c1ccc(C(F)(F)F)cc1)c1nccc(-c2cccc(Cl)c2)n1)C(=O)O. The third-order valence-electron chi connectivity index (χ3n) is 5.96. The maximum absolute atomic E-state index is 13.4. The lowest BCUT2D eigenvalue weighted by atomic mass is 10.1. The number of methoxy groups -OCH3 is 1. The van der Waals surface area contributed by atoms with Crippen LogP contribution in [-0.4, -0.2) is 52.0 Å². The molecule has 0 unspecified atom stereocenters. The molecular weight excluding hydrogens is 581 g/mol. The number of carboxylic acid groups (broad SMARTS) is 1. The van der Waals surface area contributed by atoms with Crippen LogP contribution in [0, 0.1) is 0 Å². The summed E-state index contributed by atoms with van der Waals surface area (Å²) >= 11 is 6.08. The molecule has 10 nitrogen and oxygen atoms in total. The van der Waals surface area contributed by atoms with Crippen molar-refractivity contribution >= 4 is 47.0 Å². The Morgan fingerprint density at radius 3 is 2.38 bits per heavy atom. The largest absolute Gasteiger partial charge is 0.480 e. The number of nitrogens with one attached hydrogen (secondary N) is 1. The van der Waals surface area contributed by atoms with Gasteiger partial charge in [-0.15, -0.1) is 0 Å². The van der Waals surface area contributed by atoms with Gasteiger partial charge in [0.25, 0.3) is 0 Å². The highest BCUT2D eigenvalue weighted by molar-refractivity contribution is 6.30. The highest BCUT2D eigenvalue weighted by Gasteiger charge is 2.31. The number of carbonyl (C=O) groups is 4. The van der Waals surface area contributed by atoms with Gasteiger partial charge in [0.15, 0.2) is 0 Å². The minimum atomic E-state index is -4.59. The fraction of sp³-hybridized carbons (Fsp3) is 0.286. The van der Waals surface area contributed by atoms with Crippen LogP contribution in [0.4, 0.5) is 24.8 Å². The summed E-state index contributed by atoms with van der Waals surface area (Å²) in [5.74, 6) is -3.37. The summed E-state index contributed by atoms with van der Waals surface area (Å²) in [6.07, 6.45) is -4.13. The molecule has 3 aromatic rings. The molecule has 0 bridgehead atoms. The second-order valence-corrected chi connectivity index (χ2v) is 9.39. The number of ether oxygens (including phenoxy) is 1. The Morgan fingerprint density at radius 1 is 1.05 bits per heavy atom. The molecule has 0 saturated heterocycles. The quantitative estimate of drug-likeness (QED) is 0.269. The molecule has 14 heteroatoms. The van der Waals surface area contributed by atoms with Gasteiger partial charge in [-0.3, -0.25) is 14.4 Å². The highest BCUT2D eigenvalue weighted by Crippen LogP contribution is 2.32. The second kappa shape index (κ2) is 14.4. The van der Waals surface area contributed by atoms with Gasteiger partial charge >= 0.3 is 18.1 Å². The minimum Gasteiger partial charge on any atom is -0.480 e. The average Bonchev–Trinajstić information content (AvgIpc) is 2.95. The van der Waals surface area contributed by atoms with Crippen molar-refractivity contribution in [1.82, 2.24) is 15.3 Å². The van der Waals surface area contributed by atoms with Gasteiger partial charge in [0, 0.05) is 36.0 Å². The zero-order chi connectivity index (χ0) is 30.9. The molecule has 0 spiro atoms. The molecule has 1 aromatic heterocycles. The Kier molecular flexibility index (Phi) is 11.0. The molecule has 2 aromatic carbocycles. The van der Waals surface area contributed by atoms with Crippen molar-refractivity contribution in [2.75, 3.05) is 12.0 Å². The maximum atomic E-state index is 13.4. The number of alkyl halides is 3.